The predicted octanol–water partition coefficient (Wildman–Crippen LogP) is 8.33. The van der Waals surface area contributed by atoms with Gasteiger partial charge in [-0.15, -0.1) is 0 Å². The molecule has 2 atom stereocenters. The van der Waals surface area contributed by atoms with Crippen LogP contribution >= 0.6 is 0 Å². The molecule has 2 aromatic heterocycles. The van der Waals surface area contributed by atoms with Gasteiger partial charge in [-0.3, -0.25) is 5.10 Å². The summed E-state index contributed by atoms with van der Waals surface area (Å²) in [6.45, 7) is 4.08. The third kappa shape index (κ3) is 5.73. The number of methoxy groups -OCH3 is 2. The molecule has 0 aliphatic carbocycles. The minimum absolute atomic E-state index is 0.235. The van der Waals surface area contributed by atoms with Crippen LogP contribution in [0.4, 0.5) is 13.2 Å². The Morgan fingerprint density at radius 1 is 0.739 bits per heavy atom. The number of aromatic amines is 1. The van der Waals surface area contributed by atoms with E-state index in [4.69, 9.17) is 14.5 Å². The van der Waals surface area contributed by atoms with E-state index in [0.29, 0.717) is 16.9 Å². The molecule has 46 heavy (non-hydrogen) atoms. The second-order valence-electron chi connectivity index (χ2n) is 11.0. The van der Waals surface area contributed by atoms with E-state index in [1.54, 1.807) is 32.5 Å². The van der Waals surface area contributed by atoms with Crippen LogP contribution in [-0.2, 0) is 14.3 Å². The minimum atomic E-state index is -5.11. The van der Waals surface area contributed by atoms with Gasteiger partial charge in [-0.2, -0.15) is 18.3 Å². The molecule has 0 aliphatic heterocycles. The molecule has 0 fully saturated rings. The van der Waals surface area contributed by atoms with Crippen LogP contribution < -0.4 is 4.74 Å². The molecular weight excluding hydrogens is 595 g/mol. The Morgan fingerprint density at radius 2 is 1.28 bits per heavy atom. The number of esters is 1. The lowest BCUT2D eigenvalue weighted by atomic mass is 9.85. The molecule has 4 aromatic carbocycles. The van der Waals surface area contributed by atoms with Crippen molar-refractivity contribution in [3.63, 3.8) is 0 Å². The third-order valence-electron chi connectivity index (χ3n) is 8.16. The number of hydrogen-bond acceptors (Lipinski definition) is 6. The zero-order valence-electron chi connectivity index (χ0n) is 25.5. The number of fused-ring (bicyclic) bond motifs is 3. The van der Waals surface area contributed by atoms with Crippen LogP contribution in [0.15, 0.2) is 91.1 Å². The fraction of sp³-hybridized carbons (Fsp3) is 0.194. The van der Waals surface area contributed by atoms with Gasteiger partial charge >= 0.3 is 12.1 Å². The predicted molar refractivity (Wildman–Crippen MR) is 169 cm³/mol. The van der Waals surface area contributed by atoms with Crippen LogP contribution in [0.3, 0.4) is 0 Å². The number of ether oxygens (including phenoxy) is 3. The molecule has 234 valence electrons. The van der Waals surface area contributed by atoms with Crippen molar-refractivity contribution in [1.82, 2.24) is 15.2 Å². The number of rotatable bonds is 8. The van der Waals surface area contributed by atoms with E-state index in [2.05, 4.69) is 21.0 Å². The van der Waals surface area contributed by atoms with Gasteiger partial charge in [0.15, 0.2) is 5.65 Å². The standard InChI is InChI=1S/C36H30F3N3O4/c1-20-9-5-7-11-24(20)32(44-3)28-17-26-27(18-29(28)33(45-4)25-12-8-6-10-21(25)2)31(41-34-30(26)19-40-42-34)22-13-15-23(16-14-22)46-35(43)36(37,38)39/h5-19,32-33H,1-4H3,(H,40,41,42). The van der Waals surface area contributed by atoms with Crippen LogP contribution in [0.2, 0.25) is 0 Å². The number of nitrogens with one attached hydrogen (secondary N) is 1. The van der Waals surface area contributed by atoms with Gasteiger partial charge in [-0.1, -0.05) is 48.5 Å². The Hall–Kier alpha value is -5.06. The SMILES string of the molecule is COC(c1ccccc1C)c1cc2c(-c3ccc(OC(=O)C(F)(F)F)cc3)nc3[nH]ncc3c2cc1C(OC)c1ccccc1C. The van der Waals surface area contributed by atoms with Crippen molar-refractivity contribution >= 4 is 27.8 Å². The average Bonchev–Trinajstić information content (AvgIpc) is 3.52. The molecular formula is C36H30F3N3O4. The van der Waals surface area contributed by atoms with Crippen molar-refractivity contribution in [2.45, 2.75) is 32.2 Å². The summed E-state index contributed by atoms with van der Waals surface area (Å²) in [5, 5.41) is 9.59. The summed E-state index contributed by atoms with van der Waals surface area (Å²) in [6.07, 6.45) is -4.31. The smallest absolute Gasteiger partial charge is 0.420 e. The monoisotopic (exact) mass is 625 g/mol. The highest BCUT2D eigenvalue weighted by atomic mass is 19.4. The maximum Gasteiger partial charge on any atom is 0.491 e. The number of aryl methyl sites for hydroxylation is 2. The highest BCUT2D eigenvalue weighted by Crippen LogP contribution is 2.42. The lowest BCUT2D eigenvalue weighted by Crippen LogP contribution is -2.27. The first-order chi connectivity index (χ1) is 22.1. The second-order valence-corrected chi connectivity index (χ2v) is 11.0. The molecule has 7 nitrogen and oxygen atoms in total. The maximum atomic E-state index is 12.8. The fourth-order valence-corrected chi connectivity index (χ4v) is 5.91. The van der Waals surface area contributed by atoms with Crippen LogP contribution in [0.5, 0.6) is 5.75 Å². The van der Waals surface area contributed by atoms with E-state index in [1.807, 2.05) is 68.4 Å². The maximum absolute atomic E-state index is 12.8. The molecule has 6 aromatic rings. The van der Waals surface area contributed by atoms with Crippen molar-refractivity contribution in [2.75, 3.05) is 14.2 Å². The largest absolute Gasteiger partial charge is 0.491 e. The van der Waals surface area contributed by atoms with Gasteiger partial charge in [0.1, 0.15) is 18.0 Å². The third-order valence-corrected chi connectivity index (χ3v) is 8.16. The Bertz CT molecular complexity index is 2050. The first-order valence-electron chi connectivity index (χ1n) is 14.5. The highest BCUT2D eigenvalue weighted by molar-refractivity contribution is 6.10. The number of hydrogen-bond donors (Lipinski definition) is 1. The van der Waals surface area contributed by atoms with Crippen molar-refractivity contribution in [3.05, 3.63) is 125 Å². The summed E-state index contributed by atoms with van der Waals surface area (Å²) in [5.41, 5.74) is 7.55. The number of halogens is 3. The number of benzene rings is 4. The molecule has 0 saturated carbocycles. The van der Waals surface area contributed by atoms with Crippen molar-refractivity contribution in [3.8, 4) is 17.0 Å². The van der Waals surface area contributed by atoms with Gasteiger partial charge in [0.25, 0.3) is 0 Å². The lowest BCUT2D eigenvalue weighted by molar-refractivity contribution is -0.189. The molecule has 2 heterocycles. The zero-order chi connectivity index (χ0) is 32.6. The first-order valence-corrected chi connectivity index (χ1v) is 14.5. The highest BCUT2D eigenvalue weighted by Gasteiger charge is 2.41. The molecule has 0 saturated heterocycles. The average molecular weight is 626 g/mol. The topological polar surface area (TPSA) is 86.3 Å². The molecule has 0 amide bonds. The van der Waals surface area contributed by atoms with E-state index < -0.39 is 24.4 Å². The lowest BCUT2D eigenvalue weighted by Gasteiger charge is -2.27. The molecule has 1 N–H and O–H groups in total. The number of carbonyl (C=O) groups is 1. The van der Waals surface area contributed by atoms with E-state index in [9.17, 15) is 18.0 Å². The summed E-state index contributed by atoms with van der Waals surface area (Å²) in [6, 6.07) is 26.0. The number of H-pyrrole nitrogens is 1. The first kappa shape index (κ1) is 30.9. The molecule has 10 heteroatoms. The fourth-order valence-electron chi connectivity index (χ4n) is 5.91. The van der Waals surface area contributed by atoms with Crippen LogP contribution in [0, 0.1) is 13.8 Å². The number of pyridine rings is 1. The quantitative estimate of drug-likeness (QED) is 0.135. The summed E-state index contributed by atoms with van der Waals surface area (Å²) < 4.78 is 55.3. The van der Waals surface area contributed by atoms with Gasteiger partial charge in [-0.05, 0) is 89.0 Å². The molecule has 6 rings (SSSR count). The number of aromatic nitrogens is 3. The Labute approximate surface area is 263 Å². The van der Waals surface area contributed by atoms with Crippen molar-refractivity contribution in [2.24, 2.45) is 0 Å². The molecule has 0 spiro atoms. The molecule has 0 radical (unpaired) electrons. The van der Waals surface area contributed by atoms with Gasteiger partial charge in [-0.25, -0.2) is 9.78 Å². The molecule has 0 aliphatic rings. The van der Waals surface area contributed by atoms with Gasteiger partial charge in [0.05, 0.1) is 11.9 Å². The summed E-state index contributed by atoms with van der Waals surface area (Å²) in [5.74, 6) is -2.52. The molecule has 2 unspecified atom stereocenters. The van der Waals surface area contributed by atoms with Gasteiger partial charge in [0.2, 0.25) is 0 Å². The Kier molecular flexibility index (Phi) is 8.33. The van der Waals surface area contributed by atoms with E-state index in [0.717, 1.165) is 49.5 Å². The molecule has 0 bridgehead atoms. The van der Waals surface area contributed by atoms with Crippen molar-refractivity contribution in [1.29, 1.82) is 0 Å². The number of nitrogens with zero attached hydrogens (tertiary/aromatic N) is 2. The summed E-state index contributed by atoms with van der Waals surface area (Å²) >= 11 is 0. The Balaban J connectivity index is 1.61. The van der Waals surface area contributed by atoms with Crippen LogP contribution in [-0.4, -0.2) is 41.5 Å². The second kappa shape index (κ2) is 12.4. The summed E-state index contributed by atoms with van der Waals surface area (Å²) in [4.78, 5) is 16.3. The zero-order valence-corrected chi connectivity index (χ0v) is 25.5. The van der Waals surface area contributed by atoms with E-state index in [-0.39, 0.29) is 5.75 Å². The number of carbonyl (C=O) groups excluding carboxylic acids is 1. The van der Waals surface area contributed by atoms with Gasteiger partial charge < -0.3 is 14.2 Å². The minimum Gasteiger partial charge on any atom is -0.420 e. The van der Waals surface area contributed by atoms with Crippen LogP contribution in [0.1, 0.15) is 45.6 Å². The normalized spacial score (nSPS) is 13.2. The Morgan fingerprint density at radius 3 is 1.80 bits per heavy atom. The number of alkyl halides is 3. The van der Waals surface area contributed by atoms with E-state index >= 15 is 0 Å². The van der Waals surface area contributed by atoms with Crippen LogP contribution in [0.25, 0.3) is 33.1 Å². The van der Waals surface area contributed by atoms with Gasteiger partial charge in [0, 0.05) is 30.6 Å². The van der Waals surface area contributed by atoms with Crippen molar-refractivity contribution < 1.29 is 32.2 Å². The summed E-state index contributed by atoms with van der Waals surface area (Å²) in [7, 11) is 3.35. The van der Waals surface area contributed by atoms with E-state index in [1.165, 1.54) is 12.1 Å².